The van der Waals surface area contributed by atoms with Crippen LogP contribution in [0.3, 0.4) is 0 Å². The molecule has 0 radical (unpaired) electrons. The number of nitrogens with zero attached hydrogens (tertiary/aromatic N) is 2. The summed E-state index contributed by atoms with van der Waals surface area (Å²) in [6, 6.07) is 21.4. The molecule has 1 N–H and O–H groups in total. The first-order chi connectivity index (χ1) is 13.2. The molecule has 0 atom stereocenters. The zero-order valence-corrected chi connectivity index (χ0v) is 16.0. The van der Waals surface area contributed by atoms with Crippen LogP contribution in [0.1, 0.15) is 15.9 Å². The van der Waals surface area contributed by atoms with Crippen molar-refractivity contribution in [3.05, 3.63) is 94.7 Å². The number of rotatable bonds is 4. The van der Waals surface area contributed by atoms with Crippen LogP contribution in [-0.2, 0) is 6.54 Å². The summed E-state index contributed by atoms with van der Waals surface area (Å²) in [5.41, 5.74) is 4.09. The summed E-state index contributed by atoms with van der Waals surface area (Å²) in [5, 5.41) is 3.74. The lowest BCUT2D eigenvalue weighted by Gasteiger charge is -2.10. The van der Waals surface area contributed by atoms with Crippen LogP contribution in [0.25, 0.3) is 22.2 Å². The second-order valence-electron chi connectivity index (χ2n) is 6.12. The van der Waals surface area contributed by atoms with Crippen LogP contribution in [0.15, 0.2) is 83.6 Å². The molecular weight excluding hydrogens is 402 g/mol. The van der Waals surface area contributed by atoms with Gasteiger partial charge < -0.3 is 5.32 Å². The SMILES string of the molecule is O=C(NCc1ccc(Br)cc1)c1cc(-c2ccccc2)nc2ccncc12. The molecule has 2 heterocycles. The van der Waals surface area contributed by atoms with Crippen molar-refractivity contribution < 1.29 is 4.79 Å². The number of nitrogens with one attached hydrogen (secondary N) is 1. The van der Waals surface area contributed by atoms with Gasteiger partial charge in [0, 0.05) is 34.4 Å². The Morgan fingerprint density at radius 1 is 1.00 bits per heavy atom. The molecule has 2 aromatic heterocycles. The lowest BCUT2D eigenvalue weighted by atomic mass is 10.0. The maximum Gasteiger partial charge on any atom is 0.252 e. The fourth-order valence-corrected chi connectivity index (χ4v) is 3.16. The Morgan fingerprint density at radius 3 is 2.56 bits per heavy atom. The third-order valence-electron chi connectivity index (χ3n) is 4.29. The summed E-state index contributed by atoms with van der Waals surface area (Å²) in [6.07, 6.45) is 3.37. The van der Waals surface area contributed by atoms with Gasteiger partial charge in [-0.15, -0.1) is 0 Å². The zero-order chi connectivity index (χ0) is 18.6. The van der Waals surface area contributed by atoms with E-state index < -0.39 is 0 Å². The summed E-state index contributed by atoms with van der Waals surface area (Å²) in [4.78, 5) is 21.8. The smallest absolute Gasteiger partial charge is 0.252 e. The third kappa shape index (κ3) is 3.88. The molecule has 0 saturated heterocycles. The molecule has 0 bridgehead atoms. The summed E-state index contributed by atoms with van der Waals surface area (Å²) in [6.45, 7) is 0.455. The highest BCUT2D eigenvalue weighted by Crippen LogP contribution is 2.24. The van der Waals surface area contributed by atoms with Crippen LogP contribution in [0.4, 0.5) is 0 Å². The van der Waals surface area contributed by atoms with Crippen molar-refractivity contribution >= 4 is 32.7 Å². The van der Waals surface area contributed by atoms with E-state index in [0.29, 0.717) is 12.1 Å². The van der Waals surface area contributed by atoms with E-state index in [1.807, 2.05) is 66.7 Å². The van der Waals surface area contributed by atoms with Crippen molar-refractivity contribution in [2.75, 3.05) is 0 Å². The van der Waals surface area contributed by atoms with E-state index in [1.54, 1.807) is 12.4 Å². The molecule has 1 amide bonds. The normalized spacial score (nSPS) is 10.7. The highest BCUT2D eigenvalue weighted by Gasteiger charge is 2.14. The Bertz CT molecular complexity index is 1100. The summed E-state index contributed by atoms with van der Waals surface area (Å²) in [5.74, 6) is -0.143. The second kappa shape index (κ2) is 7.68. The number of pyridine rings is 2. The Morgan fingerprint density at radius 2 is 1.78 bits per heavy atom. The average molecular weight is 418 g/mol. The van der Waals surface area contributed by atoms with Crippen molar-refractivity contribution in [3.63, 3.8) is 0 Å². The number of hydrogen-bond donors (Lipinski definition) is 1. The lowest BCUT2D eigenvalue weighted by Crippen LogP contribution is -2.23. The van der Waals surface area contributed by atoms with Gasteiger partial charge in [-0.25, -0.2) is 4.98 Å². The molecule has 0 unspecified atom stereocenters. The second-order valence-corrected chi connectivity index (χ2v) is 7.04. The van der Waals surface area contributed by atoms with E-state index in [2.05, 4.69) is 26.2 Å². The summed E-state index contributed by atoms with van der Waals surface area (Å²) in [7, 11) is 0. The van der Waals surface area contributed by atoms with Gasteiger partial charge in [-0.1, -0.05) is 58.4 Å². The molecule has 2 aromatic carbocycles. The minimum Gasteiger partial charge on any atom is -0.348 e. The standard InChI is InChI=1S/C22H16BrN3O/c23-17-8-6-15(7-9-17)13-25-22(27)18-12-21(16-4-2-1-3-5-16)26-20-10-11-24-14-19(18)20/h1-12,14H,13H2,(H,25,27). The zero-order valence-electron chi connectivity index (χ0n) is 14.4. The van der Waals surface area contributed by atoms with E-state index in [-0.39, 0.29) is 5.91 Å². The van der Waals surface area contributed by atoms with Crippen molar-refractivity contribution in [2.24, 2.45) is 0 Å². The highest BCUT2D eigenvalue weighted by molar-refractivity contribution is 9.10. The maximum absolute atomic E-state index is 12.9. The van der Waals surface area contributed by atoms with Crippen molar-refractivity contribution in [3.8, 4) is 11.3 Å². The van der Waals surface area contributed by atoms with Gasteiger partial charge in [0.1, 0.15) is 0 Å². The molecule has 27 heavy (non-hydrogen) atoms. The van der Waals surface area contributed by atoms with Gasteiger partial charge >= 0.3 is 0 Å². The number of hydrogen-bond acceptors (Lipinski definition) is 3. The van der Waals surface area contributed by atoms with Crippen LogP contribution < -0.4 is 5.32 Å². The Balaban J connectivity index is 1.69. The minimum atomic E-state index is -0.143. The topological polar surface area (TPSA) is 54.9 Å². The Kier molecular flexibility index (Phi) is 4.94. The quantitative estimate of drug-likeness (QED) is 0.508. The molecule has 0 saturated carbocycles. The number of carbonyl (C=O) groups excluding carboxylic acids is 1. The van der Waals surface area contributed by atoms with Gasteiger partial charge in [0.05, 0.1) is 16.8 Å². The monoisotopic (exact) mass is 417 g/mol. The van der Waals surface area contributed by atoms with Crippen LogP contribution in [0, 0.1) is 0 Å². The van der Waals surface area contributed by atoms with E-state index in [4.69, 9.17) is 4.98 Å². The number of carbonyl (C=O) groups is 1. The Hall–Kier alpha value is -3.05. The lowest BCUT2D eigenvalue weighted by molar-refractivity contribution is 0.0952. The van der Waals surface area contributed by atoms with Crippen molar-refractivity contribution in [1.82, 2.24) is 15.3 Å². The van der Waals surface area contributed by atoms with E-state index in [1.165, 1.54) is 0 Å². The number of aromatic nitrogens is 2. The molecule has 4 rings (SSSR count). The highest BCUT2D eigenvalue weighted by atomic mass is 79.9. The molecule has 4 aromatic rings. The molecule has 0 aliphatic heterocycles. The number of amides is 1. The van der Waals surface area contributed by atoms with Crippen LogP contribution in [0.2, 0.25) is 0 Å². The first-order valence-corrected chi connectivity index (χ1v) is 9.33. The van der Waals surface area contributed by atoms with Gasteiger partial charge in [-0.05, 0) is 29.8 Å². The molecule has 0 aliphatic rings. The Labute approximate surface area is 165 Å². The molecule has 0 aliphatic carbocycles. The van der Waals surface area contributed by atoms with E-state index in [0.717, 1.165) is 32.2 Å². The number of fused-ring (bicyclic) bond motifs is 1. The van der Waals surface area contributed by atoms with Gasteiger partial charge in [0.2, 0.25) is 0 Å². The molecule has 5 heteroatoms. The van der Waals surface area contributed by atoms with Crippen LogP contribution >= 0.6 is 15.9 Å². The van der Waals surface area contributed by atoms with Gasteiger partial charge in [0.25, 0.3) is 5.91 Å². The first-order valence-electron chi connectivity index (χ1n) is 8.53. The summed E-state index contributed by atoms with van der Waals surface area (Å²) < 4.78 is 1.01. The predicted octanol–water partition coefficient (Wildman–Crippen LogP) is 4.99. The van der Waals surface area contributed by atoms with Gasteiger partial charge in [0.15, 0.2) is 0 Å². The van der Waals surface area contributed by atoms with E-state index >= 15 is 0 Å². The first kappa shape index (κ1) is 17.4. The molecule has 4 nitrogen and oxygen atoms in total. The third-order valence-corrected chi connectivity index (χ3v) is 4.82. The molecule has 0 spiro atoms. The van der Waals surface area contributed by atoms with Gasteiger partial charge in [-0.2, -0.15) is 0 Å². The maximum atomic E-state index is 12.9. The fourth-order valence-electron chi connectivity index (χ4n) is 2.89. The van der Waals surface area contributed by atoms with Crippen LogP contribution in [0.5, 0.6) is 0 Å². The van der Waals surface area contributed by atoms with Crippen LogP contribution in [-0.4, -0.2) is 15.9 Å². The molecule has 132 valence electrons. The molecule has 0 fully saturated rings. The fraction of sp³-hybridized carbons (Fsp3) is 0.0455. The van der Waals surface area contributed by atoms with Crippen molar-refractivity contribution in [1.29, 1.82) is 0 Å². The van der Waals surface area contributed by atoms with Gasteiger partial charge in [-0.3, -0.25) is 9.78 Å². The van der Waals surface area contributed by atoms with E-state index in [9.17, 15) is 4.79 Å². The average Bonchev–Trinajstić information content (AvgIpc) is 2.73. The van der Waals surface area contributed by atoms with Crippen molar-refractivity contribution in [2.45, 2.75) is 6.54 Å². The predicted molar refractivity (Wildman–Crippen MR) is 110 cm³/mol. The minimum absolute atomic E-state index is 0.143. The number of halogens is 1. The number of benzene rings is 2. The molecular formula is C22H16BrN3O. The summed E-state index contributed by atoms with van der Waals surface area (Å²) >= 11 is 3.42. The largest absolute Gasteiger partial charge is 0.348 e.